The molecule has 0 unspecified atom stereocenters. The molecule has 2 nitrogen and oxygen atoms in total. The highest BCUT2D eigenvalue weighted by Crippen LogP contribution is 2.27. The predicted molar refractivity (Wildman–Crippen MR) is 63.9 cm³/mol. The first-order chi connectivity index (χ1) is 7.31. The molecule has 15 heavy (non-hydrogen) atoms. The Morgan fingerprint density at radius 1 is 1.20 bits per heavy atom. The number of ether oxygens (including phenoxy) is 2. The van der Waals surface area contributed by atoms with Gasteiger partial charge in [-0.15, -0.1) is 11.6 Å². The zero-order chi connectivity index (χ0) is 11.1. The average Bonchev–Trinajstić information content (AvgIpc) is 2.29. The molecule has 1 aromatic rings. The zero-order valence-electron chi connectivity index (χ0n) is 9.00. The van der Waals surface area contributed by atoms with Gasteiger partial charge in [0.25, 0.3) is 0 Å². The summed E-state index contributed by atoms with van der Waals surface area (Å²) in [7, 11) is 3.25. The Morgan fingerprint density at radius 3 is 2.53 bits per heavy atom. The molecule has 1 rings (SSSR count). The number of allylic oxidation sites excluding steroid dienone is 1. The molecule has 0 aliphatic rings. The van der Waals surface area contributed by atoms with Gasteiger partial charge in [-0.3, -0.25) is 0 Å². The third kappa shape index (κ3) is 3.48. The molecule has 1 aromatic carbocycles. The van der Waals surface area contributed by atoms with Gasteiger partial charge in [0.05, 0.1) is 14.2 Å². The molecule has 0 atom stereocenters. The number of benzene rings is 1. The van der Waals surface area contributed by atoms with Gasteiger partial charge < -0.3 is 9.47 Å². The first-order valence-corrected chi connectivity index (χ1v) is 5.29. The Balaban J connectivity index is 2.83. The number of halogens is 1. The molecule has 0 radical (unpaired) electrons. The summed E-state index contributed by atoms with van der Waals surface area (Å²) in [5.74, 6) is 2.13. The standard InChI is InChI=1S/C12H15ClO2/c1-14-11-7-6-10(5-3-4-8-13)9-12(11)15-2/h3,5-7,9H,4,8H2,1-2H3/b5-3+. The highest BCUT2D eigenvalue weighted by atomic mass is 35.5. The summed E-state index contributed by atoms with van der Waals surface area (Å²) in [6.45, 7) is 0. The van der Waals surface area contributed by atoms with Gasteiger partial charge in [-0.2, -0.15) is 0 Å². The van der Waals surface area contributed by atoms with Gasteiger partial charge in [-0.1, -0.05) is 18.2 Å². The molecule has 0 aromatic heterocycles. The van der Waals surface area contributed by atoms with Crippen LogP contribution in [0, 0.1) is 0 Å². The predicted octanol–water partition coefficient (Wildman–Crippen LogP) is 3.35. The fourth-order valence-electron chi connectivity index (χ4n) is 1.24. The second-order valence-electron chi connectivity index (χ2n) is 2.99. The molecule has 0 saturated heterocycles. The van der Waals surface area contributed by atoms with Crippen molar-refractivity contribution >= 4 is 17.7 Å². The van der Waals surface area contributed by atoms with Crippen LogP contribution in [0.4, 0.5) is 0 Å². The van der Waals surface area contributed by atoms with E-state index in [1.54, 1.807) is 14.2 Å². The molecule has 0 aliphatic carbocycles. The summed E-state index contributed by atoms with van der Waals surface area (Å²) in [5.41, 5.74) is 1.08. The second-order valence-corrected chi connectivity index (χ2v) is 3.37. The molecule has 0 heterocycles. The number of methoxy groups -OCH3 is 2. The maximum absolute atomic E-state index is 5.58. The van der Waals surface area contributed by atoms with E-state index in [1.165, 1.54) is 0 Å². The summed E-state index contributed by atoms with van der Waals surface area (Å²) in [6, 6.07) is 5.80. The maximum Gasteiger partial charge on any atom is 0.161 e. The van der Waals surface area contributed by atoms with Gasteiger partial charge in [0.1, 0.15) is 0 Å². The van der Waals surface area contributed by atoms with Crippen LogP contribution in [0.25, 0.3) is 6.08 Å². The Bertz CT molecular complexity index is 334. The summed E-state index contributed by atoms with van der Waals surface area (Å²) in [5, 5.41) is 0. The van der Waals surface area contributed by atoms with Crippen LogP contribution in [0.1, 0.15) is 12.0 Å². The quantitative estimate of drug-likeness (QED) is 0.717. The first-order valence-electron chi connectivity index (χ1n) is 4.76. The van der Waals surface area contributed by atoms with Crippen LogP contribution in [-0.2, 0) is 0 Å². The van der Waals surface area contributed by atoms with Crippen molar-refractivity contribution in [2.24, 2.45) is 0 Å². The molecule has 0 bridgehead atoms. The van der Waals surface area contributed by atoms with E-state index in [4.69, 9.17) is 21.1 Å². The van der Waals surface area contributed by atoms with Crippen molar-refractivity contribution in [3.05, 3.63) is 29.8 Å². The minimum absolute atomic E-state index is 0.643. The van der Waals surface area contributed by atoms with E-state index in [1.807, 2.05) is 30.4 Å². The van der Waals surface area contributed by atoms with Crippen molar-refractivity contribution in [1.82, 2.24) is 0 Å². The van der Waals surface area contributed by atoms with E-state index in [2.05, 4.69) is 0 Å². The average molecular weight is 227 g/mol. The Morgan fingerprint density at radius 2 is 1.93 bits per heavy atom. The van der Waals surface area contributed by atoms with E-state index < -0.39 is 0 Å². The second kappa shape index (κ2) is 6.36. The van der Waals surface area contributed by atoms with Gasteiger partial charge >= 0.3 is 0 Å². The number of alkyl halides is 1. The smallest absolute Gasteiger partial charge is 0.161 e. The Hall–Kier alpha value is -1.15. The molecule has 0 N–H and O–H groups in total. The molecule has 0 saturated carbocycles. The van der Waals surface area contributed by atoms with Gasteiger partial charge in [0.15, 0.2) is 11.5 Å². The molecule has 82 valence electrons. The number of hydrogen-bond donors (Lipinski definition) is 0. The zero-order valence-corrected chi connectivity index (χ0v) is 9.75. The maximum atomic E-state index is 5.58. The highest BCUT2D eigenvalue weighted by Gasteiger charge is 2.01. The lowest BCUT2D eigenvalue weighted by atomic mass is 10.2. The molecule has 3 heteroatoms. The van der Waals surface area contributed by atoms with Gasteiger partial charge in [0, 0.05) is 5.88 Å². The van der Waals surface area contributed by atoms with Gasteiger partial charge in [0.2, 0.25) is 0 Å². The van der Waals surface area contributed by atoms with Crippen LogP contribution in [0.3, 0.4) is 0 Å². The minimum Gasteiger partial charge on any atom is -0.493 e. The van der Waals surface area contributed by atoms with Gasteiger partial charge in [-0.05, 0) is 24.1 Å². The lowest BCUT2D eigenvalue weighted by Crippen LogP contribution is -1.90. The van der Waals surface area contributed by atoms with E-state index in [0.29, 0.717) is 5.88 Å². The van der Waals surface area contributed by atoms with Crippen molar-refractivity contribution in [3.8, 4) is 11.5 Å². The topological polar surface area (TPSA) is 18.5 Å². The lowest BCUT2D eigenvalue weighted by Gasteiger charge is -2.07. The van der Waals surface area contributed by atoms with E-state index in [9.17, 15) is 0 Å². The Kier molecular flexibility index (Phi) is 5.05. The fourth-order valence-corrected chi connectivity index (χ4v) is 1.36. The molecule has 0 fully saturated rings. The normalized spacial score (nSPS) is 10.6. The van der Waals surface area contributed by atoms with Crippen molar-refractivity contribution in [2.45, 2.75) is 6.42 Å². The van der Waals surface area contributed by atoms with E-state index in [-0.39, 0.29) is 0 Å². The van der Waals surface area contributed by atoms with Crippen molar-refractivity contribution in [1.29, 1.82) is 0 Å². The van der Waals surface area contributed by atoms with Crippen LogP contribution < -0.4 is 9.47 Å². The molecule has 0 spiro atoms. The van der Waals surface area contributed by atoms with Crippen LogP contribution in [0.15, 0.2) is 24.3 Å². The van der Waals surface area contributed by atoms with Crippen molar-refractivity contribution in [2.75, 3.05) is 20.1 Å². The van der Waals surface area contributed by atoms with Crippen LogP contribution in [-0.4, -0.2) is 20.1 Å². The summed E-state index contributed by atoms with van der Waals surface area (Å²) >= 11 is 5.58. The third-order valence-electron chi connectivity index (χ3n) is 1.99. The monoisotopic (exact) mass is 226 g/mol. The lowest BCUT2D eigenvalue weighted by molar-refractivity contribution is 0.355. The SMILES string of the molecule is COc1ccc(/C=C/CCCl)cc1OC. The summed E-state index contributed by atoms with van der Waals surface area (Å²) in [4.78, 5) is 0. The van der Waals surface area contributed by atoms with Gasteiger partial charge in [-0.25, -0.2) is 0 Å². The third-order valence-corrected chi connectivity index (χ3v) is 2.21. The number of hydrogen-bond acceptors (Lipinski definition) is 2. The number of rotatable bonds is 5. The van der Waals surface area contributed by atoms with E-state index in [0.717, 1.165) is 23.5 Å². The summed E-state index contributed by atoms with van der Waals surface area (Å²) < 4.78 is 10.3. The van der Waals surface area contributed by atoms with Crippen LogP contribution in [0.5, 0.6) is 11.5 Å². The molecule has 0 aliphatic heterocycles. The van der Waals surface area contributed by atoms with E-state index >= 15 is 0 Å². The van der Waals surface area contributed by atoms with Crippen LogP contribution in [0.2, 0.25) is 0 Å². The highest BCUT2D eigenvalue weighted by molar-refractivity contribution is 6.17. The first kappa shape index (κ1) is 11.9. The largest absolute Gasteiger partial charge is 0.493 e. The molecule has 0 amide bonds. The molecular weight excluding hydrogens is 212 g/mol. The molecular formula is C12H15ClO2. The fraction of sp³-hybridized carbons (Fsp3) is 0.333. The minimum atomic E-state index is 0.643. The van der Waals surface area contributed by atoms with Crippen molar-refractivity contribution in [3.63, 3.8) is 0 Å². The summed E-state index contributed by atoms with van der Waals surface area (Å²) in [6.07, 6.45) is 4.93. The van der Waals surface area contributed by atoms with Crippen LogP contribution >= 0.6 is 11.6 Å². The van der Waals surface area contributed by atoms with Crippen molar-refractivity contribution < 1.29 is 9.47 Å². The Labute approximate surface area is 95.5 Å².